The van der Waals surface area contributed by atoms with Crippen LogP contribution in [0.1, 0.15) is 49.4 Å². The van der Waals surface area contributed by atoms with Crippen molar-refractivity contribution in [1.82, 2.24) is 0 Å². The van der Waals surface area contributed by atoms with Gasteiger partial charge in [-0.3, -0.25) is 14.4 Å². The van der Waals surface area contributed by atoms with E-state index in [0.717, 1.165) is 19.3 Å². The number of benzene rings is 1. The summed E-state index contributed by atoms with van der Waals surface area (Å²) in [4.78, 5) is 35.8. The molecule has 0 spiro atoms. The van der Waals surface area contributed by atoms with Gasteiger partial charge in [-0.2, -0.15) is 0 Å². The van der Waals surface area contributed by atoms with Crippen molar-refractivity contribution in [3.63, 3.8) is 0 Å². The summed E-state index contributed by atoms with van der Waals surface area (Å²) < 4.78 is 0. The largest absolute Gasteiger partial charge is 0.326 e. The Labute approximate surface area is 130 Å². The number of carbonyl (C=O) groups excluding carboxylic acids is 3. The maximum absolute atomic E-state index is 12.4. The van der Waals surface area contributed by atoms with Crippen LogP contribution in [0.3, 0.4) is 0 Å². The van der Waals surface area contributed by atoms with Crippen molar-refractivity contribution in [2.45, 2.75) is 39.0 Å². The summed E-state index contributed by atoms with van der Waals surface area (Å²) in [5.41, 5.74) is 1.34. The third-order valence-electron chi connectivity index (χ3n) is 4.98. The number of hydrogen-bond acceptors (Lipinski definition) is 3. The van der Waals surface area contributed by atoms with Gasteiger partial charge in [0, 0.05) is 29.0 Å². The van der Waals surface area contributed by atoms with Crippen LogP contribution in [0.15, 0.2) is 24.3 Å². The van der Waals surface area contributed by atoms with Gasteiger partial charge < -0.3 is 5.32 Å². The second-order valence-electron chi connectivity index (χ2n) is 6.52. The van der Waals surface area contributed by atoms with E-state index in [-0.39, 0.29) is 29.4 Å². The molecule has 0 aliphatic heterocycles. The molecule has 2 aliphatic rings. The number of hydrogen-bond donors (Lipinski definition) is 1. The first-order valence-electron chi connectivity index (χ1n) is 8.00. The van der Waals surface area contributed by atoms with Crippen LogP contribution in [0.25, 0.3) is 0 Å². The van der Waals surface area contributed by atoms with Gasteiger partial charge in [-0.25, -0.2) is 0 Å². The van der Waals surface area contributed by atoms with Crippen LogP contribution in [-0.2, 0) is 9.59 Å². The summed E-state index contributed by atoms with van der Waals surface area (Å²) in [7, 11) is 0. The van der Waals surface area contributed by atoms with E-state index in [1.54, 1.807) is 24.3 Å². The highest BCUT2D eigenvalue weighted by Crippen LogP contribution is 2.40. The molecule has 1 aromatic rings. The summed E-state index contributed by atoms with van der Waals surface area (Å²) in [6, 6.07) is 6.95. The van der Waals surface area contributed by atoms with Crippen molar-refractivity contribution in [1.29, 1.82) is 0 Å². The fourth-order valence-corrected chi connectivity index (χ4v) is 3.73. The number of carbonyl (C=O) groups is 3. The lowest BCUT2D eigenvalue weighted by molar-refractivity contribution is -0.136. The Morgan fingerprint density at radius 3 is 2.18 bits per heavy atom. The van der Waals surface area contributed by atoms with Crippen LogP contribution in [-0.4, -0.2) is 17.5 Å². The van der Waals surface area contributed by atoms with E-state index in [0.29, 0.717) is 29.9 Å². The summed E-state index contributed by atoms with van der Waals surface area (Å²) in [5, 5.41) is 2.92. The Morgan fingerprint density at radius 1 is 1.05 bits per heavy atom. The molecule has 22 heavy (non-hydrogen) atoms. The molecule has 0 aromatic heterocycles. The predicted molar refractivity (Wildman–Crippen MR) is 83.6 cm³/mol. The minimum atomic E-state index is -0.0690. The number of nitrogens with one attached hydrogen (secondary N) is 1. The Bertz CT molecular complexity index is 589. The quantitative estimate of drug-likeness (QED) is 0.872. The lowest BCUT2D eigenvalue weighted by atomic mass is 9.67. The molecule has 2 fully saturated rings. The highest BCUT2D eigenvalue weighted by atomic mass is 16.2. The van der Waals surface area contributed by atoms with E-state index in [2.05, 4.69) is 5.32 Å². The fraction of sp³-hybridized carbons (Fsp3) is 0.500. The molecule has 3 rings (SSSR count). The van der Waals surface area contributed by atoms with Gasteiger partial charge in [0.25, 0.3) is 0 Å². The van der Waals surface area contributed by atoms with Gasteiger partial charge in [-0.05, 0) is 56.9 Å². The topological polar surface area (TPSA) is 63.2 Å². The zero-order valence-electron chi connectivity index (χ0n) is 12.8. The molecule has 2 unspecified atom stereocenters. The molecular formula is C18H21NO3. The molecule has 0 saturated heterocycles. The van der Waals surface area contributed by atoms with Gasteiger partial charge in [0.2, 0.25) is 5.91 Å². The second-order valence-corrected chi connectivity index (χ2v) is 6.52. The fourth-order valence-electron chi connectivity index (χ4n) is 3.73. The van der Waals surface area contributed by atoms with Crippen LogP contribution in [0.5, 0.6) is 0 Å². The molecule has 1 amide bonds. The van der Waals surface area contributed by atoms with Gasteiger partial charge in [-0.1, -0.05) is 6.42 Å². The standard InChI is InChI=1S/C18H21NO3/c1-11(20)12-5-7-16(8-6-12)19-18(22)15-9-13-3-2-4-14(10-15)17(13)21/h5-8,13-15H,2-4,9-10H2,1H3,(H,19,22). The summed E-state index contributed by atoms with van der Waals surface area (Å²) >= 11 is 0. The third-order valence-corrected chi connectivity index (χ3v) is 4.98. The number of amides is 1. The Balaban J connectivity index is 1.64. The average molecular weight is 299 g/mol. The van der Waals surface area contributed by atoms with E-state index in [1.165, 1.54) is 6.92 Å². The predicted octanol–water partition coefficient (Wildman–Crippen LogP) is 3.22. The van der Waals surface area contributed by atoms with Crippen molar-refractivity contribution in [2.75, 3.05) is 5.32 Å². The Morgan fingerprint density at radius 2 is 1.64 bits per heavy atom. The summed E-state index contributed by atoms with van der Waals surface area (Å²) in [5.74, 6) is 0.491. The van der Waals surface area contributed by atoms with E-state index < -0.39 is 0 Å². The van der Waals surface area contributed by atoms with Gasteiger partial charge in [0.05, 0.1) is 0 Å². The second kappa shape index (κ2) is 6.03. The smallest absolute Gasteiger partial charge is 0.227 e. The molecule has 2 bridgehead atoms. The average Bonchev–Trinajstić information content (AvgIpc) is 2.47. The molecule has 0 heterocycles. The van der Waals surface area contributed by atoms with Crippen molar-refractivity contribution in [3.05, 3.63) is 29.8 Å². The van der Waals surface area contributed by atoms with Crippen LogP contribution in [0, 0.1) is 17.8 Å². The molecule has 0 radical (unpaired) electrons. The van der Waals surface area contributed by atoms with Crippen molar-refractivity contribution in [2.24, 2.45) is 17.8 Å². The maximum Gasteiger partial charge on any atom is 0.227 e. The number of rotatable bonds is 3. The number of fused-ring (bicyclic) bond motifs is 2. The lowest BCUT2D eigenvalue weighted by Gasteiger charge is -2.36. The van der Waals surface area contributed by atoms with Gasteiger partial charge in [0.1, 0.15) is 5.78 Å². The van der Waals surface area contributed by atoms with Gasteiger partial charge in [-0.15, -0.1) is 0 Å². The van der Waals surface area contributed by atoms with Gasteiger partial charge in [0.15, 0.2) is 5.78 Å². The Hall–Kier alpha value is -1.97. The molecular weight excluding hydrogens is 278 g/mol. The van der Waals surface area contributed by atoms with E-state index >= 15 is 0 Å². The minimum absolute atomic E-state index is 0.0000231. The molecule has 2 saturated carbocycles. The molecule has 2 atom stereocenters. The van der Waals surface area contributed by atoms with Gasteiger partial charge >= 0.3 is 0 Å². The minimum Gasteiger partial charge on any atom is -0.326 e. The van der Waals surface area contributed by atoms with Crippen molar-refractivity contribution >= 4 is 23.2 Å². The van der Waals surface area contributed by atoms with Crippen molar-refractivity contribution in [3.8, 4) is 0 Å². The Kier molecular flexibility index (Phi) is 4.10. The molecule has 2 aliphatic carbocycles. The monoisotopic (exact) mass is 299 g/mol. The highest BCUT2D eigenvalue weighted by molar-refractivity contribution is 5.97. The van der Waals surface area contributed by atoms with Crippen LogP contribution < -0.4 is 5.32 Å². The maximum atomic E-state index is 12.4. The highest BCUT2D eigenvalue weighted by Gasteiger charge is 2.41. The van der Waals surface area contributed by atoms with Crippen molar-refractivity contribution < 1.29 is 14.4 Å². The van der Waals surface area contributed by atoms with Crippen LogP contribution in [0.2, 0.25) is 0 Å². The summed E-state index contributed by atoms with van der Waals surface area (Å²) in [6.45, 7) is 1.52. The summed E-state index contributed by atoms with van der Waals surface area (Å²) in [6.07, 6.45) is 4.36. The molecule has 1 aromatic carbocycles. The normalized spacial score (nSPS) is 27.3. The van der Waals surface area contributed by atoms with Crippen LogP contribution >= 0.6 is 0 Å². The lowest BCUT2D eigenvalue weighted by Crippen LogP contribution is -2.40. The first-order chi connectivity index (χ1) is 10.5. The number of Topliss-reactive ketones (excluding diaryl/α,β-unsaturated/α-hetero) is 2. The number of ketones is 2. The van der Waals surface area contributed by atoms with E-state index in [4.69, 9.17) is 0 Å². The molecule has 116 valence electrons. The SMILES string of the molecule is CC(=O)c1ccc(NC(=O)C2CC3CCCC(C2)C3=O)cc1. The first-order valence-corrected chi connectivity index (χ1v) is 8.00. The number of anilines is 1. The first kappa shape index (κ1) is 14.9. The third kappa shape index (κ3) is 2.96. The zero-order valence-corrected chi connectivity index (χ0v) is 12.8. The molecule has 4 heteroatoms. The molecule has 4 nitrogen and oxygen atoms in total. The van der Waals surface area contributed by atoms with E-state index in [9.17, 15) is 14.4 Å². The van der Waals surface area contributed by atoms with Crippen LogP contribution in [0.4, 0.5) is 5.69 Å². The zero-order chi connectivity index (χ0) is 15.7. The molecule has 1 N–H and O–H groups in total. The van der Waals surface area contributed by atoms with E-state index in [1.807, 2.05) is 0 Å².